The van der Waals surface area contributed by atoms with Gasteiger partial charge in [-0.25, -0.2) is 0 Å². The van der Waals surface area contributed by atoms with E-state index in [1.54, 1.807) is 6.20 Å². The van der Waals surface area contributed by atoms with Gasteiger partial charge in [-0.2, -0.15) is 0 Å². The Labute approximate surface area is 143 Å². The number of hydrogen-bond donors (Lipinski definition) is 1. The van der Waals surface area contributed by atoms with Gasteiger partial charge in [0.05, 0.1) is 6.10 Å². The largest absolute Gasteiger partial charge is 0.388 e. The van der Waals surface area contributed by atoms with Gasteiger partial charge < -0.3 is 10.0 Å². The lowest BCUT2D eigenvalue weighted by atomic mass is 9.87. The van der Waals surface area contributed by atoms with Crippen LogP contribution in [0.15, 0.2) is 54.7 Å². The number of benzene rings is 1. The molecule has 0 spiro atoms. The lowest BCUT2D eigenvalue weighted by Gasteiger charge is -2.34. The molecule has 1 amide bonds. The third kappa shape index (κ3) is 4.20. The first-order chi connectivity index (χ1) is 11.7. The summed E-state index contributed by atoms with van der Waals surface area (Å²) < 4.78 is 0. The van der Waals surface area contributed by atoms with Gasteiger partial charge in [0.25, 0.3) is 0 Å². The van der Waals surface area contributed by atoms with Gasteiger partial charge in [0.2, 0.25) is 5.91 Å². The topological polar surface area (TPSA) is 53.4 Å². The van der Waals surface area contributed by atoms with Crippen molar-refractivity contribution in [3.8, 4) is 0 Å². The number of likely N-dealkylation sites (tertiary alicyclic amines) is 1. The number of rotatable bonds is 5. The molecule has 0 aliphatic carbocycles. The molecule has 1 atom stereocenters. The number of carbonyl (C=O) groups is 1. The molecule has 4 nitrogen and oxygen atoms in total. The minimum Gasteiger partial charge on any atom is -0.388 e. The van der Waals surface area contributed by atoms with Crippen molar-refractivity contribution in [2.75, 3.05) is 13.1 Å². The number of pyridine rings is 1. The Morgan fingerprint density at radius 1 is 1.12 bits per heavy atom. The molecule has 1 aliphatic heterocycles. The summed E-state index contributed by atoms with van der Waals surface area (Å²) in [4.78, 5) is 18.5. The van der Waals surface area contributed by atoms with Gasteiger partial charge in [-0.3, -0.25) is 9.78 Å². The van der Waals surface area contributed by atoms with Crippen LogP contribution in [0.1, 0.15) is 36.6 Å². The van der Waals surface area contributed by atoms with E-state index in [1.165, 1.54) is 0 Å². The number of piperidine rings is 1. The van der Waals surface area contributed by atoms with E-state index in [2.05, 4.69) is 4.98 Å². The molecule has 2 aromatic rings. The van der Waals surface area contributed by atoms with Gasteiger partial charge in [-0.05, 0) is 42.9 Å². The molecule has 3 rings (SSSR count). The van der Waals surface area contributed by atoms with E-state index < -0.39 is 6.10 Å². The maximum absolute atomic E-state index is 12.4. The zero-order valence-electron chi connectivity index (χ0n) is 13.8. The lowest BCUT2D eigenvalue weighted by Crippen LogP contribution is -2.39. The van der Waals surface area contributed by atoms with Gasteiger partial charge in [0, 0.05) is 31.4 Å². The molecule has 126 valence electrons. The molecule has 0 unspecified atom stereocenters. The molecule has 1 aromatic carbocycles. The minimum atomic E-state index is -0.433. The highest BCUT2D eigenvalue weighted by Gasteiger charge is 2.27. The zero-order valence-corrected chi connectivity index (χ0v) is 13.8. The minimum absolute atomic E-state index is 0.188. The van der Waals surface area contributed by atoms with Crippen molar-refractivity contribution >= 4 is 5.91 Å². The van der Waals surface area contributed by atoms with Crippen LogP contribution >= 0.6 is 0 Å². The second-order valence-electron chi connectivity index (χ2n) is 6.39. The van der Waals surface area contributed by atoms with Crippen LogP contribution in [-0.2, 0) is 11.2 Å². The standard InChI is InChI=1S/C20H24N2O2/c23-19(10-9-18-8-4-5-13-21-18)22-14-11-17(12-15-22)20(24)16-6-2-1-3-7-16/h1-8,13,17,20,24H,9-12,14-15H2/t20-/m0/s1. The molecule has 2 heterocycles. The fourth-order valence-electron chi connectivity index (χ4n) is 3.33. The predicted octanol–water partition coefficient (Wildman–Crippen LogP) is 2.99. The number of carbonyl (C=O) groups excluding carboxylic acids is 1. The van der Waals surface area contributed by atoms with Crippen molar-refractivity contribution in [2.45, 2.75) is 31.8 Å². The monoisotopic (exact) mass is 324 g/mol. The first kappa shape index (κ1) is 16.7. The maximum atomic E-state index is 12.4. The zero-order chi connectivity index (χ0) is 16.8. The van der Waals surface area contributed by atoms with E-state index in [1.807, 2.05) is 53.4 Å². The first-order valence-electron chi connectivity index (χ1n) is 8.65. The predicted molar refractivity (Wildman–Crippen MR) is 93.3 cm³/mol. The average Bonchev–Trinajstić information content (AvgIpc) is 2.67. The Balaban J connectivity index is 1.47. The van der Waals surface area contributed by atoms with Crippen LogP contribution in [0.4, 0.5) is 0 Å². The van der Waals surface area contributed by atoms with Crippen LogP contribution in [-0.4, -0.2) is 34.0 Å². The van der Waals surface area contributed by atoms with E-state index in [0.717, 1.165) is 37.2 Å². The van der Waals surface area contributed by atoms with Crippen LogP contribution in [0.25, 0.3) is 0 Å². The number of hydrogen-bond acceptors (Lipinski definition) is 3. The molecule has 0 radical (unpaired) electrons. The highest BCUT2D eigenvalue weighted by atomic mass is 16.3. The Hall–Kier alpha value is -2.20. The van der Waals surface area contributed by atoms with Crippen molar-refractivity contribution in [3.63, 3.8) is 0 Å². The molecule has 0 bridgehead atoms. The van der Waals surface area contributed by atoms with E-state index in [-0.39, 0.29) is 11.8 Å². The van der Waals surface area contributed by atoms with Crippen molar-refractivity contribution in [1.29, 1.82) is 0 Å². The molecule has 24 heavy (non-hydrogen) atoms. The highest BCUT2D eigenvalue weighted by molar-refractivity contribution is 5.76. The van der Waals surface area contributed by atoms with Crippen LogP contribution < -0.4 is 0 Å². The number of amides is 1. The quantitative estimate of drug-likeness (QED) is 0.920. The van der Waals surface area contributed by atoms with E-state index in [4.69, 9.17) is 0 Å². The second kappa shape index (κ2) is 8.06. The van der Waals surface area contributed by atoms with Crippen molar-refractivity contribution in [1.82, 2.24) is 9.88 Å². The van der Waals surface area contributed by atoms with Crippen LogP contribution in [0.2, 0.25) is 0 Å². The lowest BCUT2D eigenvalue weighted by molar-refractivity contribution is -0.133. The molecular weight excluding hydrogens is 300 g/mol. The van der Waals surface area contributed by atoms with Crippen LogP contribution in [0.5, 0.6) is 0 Å². The third-order valence-corrected chi connectivity index (χ3v) is 4.80. The SMILES string of the molecule is O=C(CCc1ccccn1)N1CCC([C@@H](O)c2ccccc2)CC1. The summed E-state index contributed by atoms with van der Waals surface area (Å²) in [6, 6.07) is 15.6. The average molecular weight is 324 g/mol. The van der Waals surface area contributed by atoms with E-state index in [0.29, 0.717) is 12.8 Å². The van der Waals surface area contributed by atoms with Crippen molar-refractivity contribution < 1.29 is 9.90 Å². The summed E-state index contributed by atoms with van der Waals surface area (Å²) in [6.45, 7) is 1.46. The molecule has 1 saturated heterocycles. The van der Waals surface area contributed by atoms with Gasteiger partial charge in [-0.15, -0.1) is 0 Å². The molecular formula is C20H24N2O2. The number of aromatic nitrogens is 1. The summed E-state index contributed by atoms with van der Waals surface area (Å²) in [5.74, 6) is 0.417. The summed E-state index contributed by atoms with van der Waals surface area (Å²) in [7, 11) is 0. The Bertz CT molecular complexity index is 637. The van der Waals surface area contributed by atoms with Gasteiger partial charge in [0.1, 0.15) is 0 Å². The van der Waals surface area contributed by atoms with E-state index >= 15 is 0 Å². The second-order valence-corrected chi connectivity index (χ2v) is 6.39. The highest BCUT2D eigenvalue weighted by Crippen LogP contribution is 2.30. The first-order valence-corrected chi connectivity index (χ1v) is 8.65. The van der Waals surface area contributed by atoms with E-state index in [9.17, 15) is 9.90 Å². The molecule has 1 fully saturated rings. The molecule has 1 aliphatic rings. The van der Waals surface area contributed by atoms with Gasteiger partial charge >= 0.3 is 0 Å². The summed E-state index contributed by atoms with van der Waals surface area (Å²) in [5, 5.41) is 10.5. The third-order valence-electron chi connectivity index (χ3n) is 4.80. The normalized spacial score (nSPS) is 16.8. The number of aliphatic hydroxyl groups is 1. The Morgan fingerprint density at radius 3 is 2.50 bits per heavy atom. The van der Waals surface area contributed by atoms with Crippen LogP contribution in [0.3, 0.4) is 0 Å². The molecule has 4 heteroatoms. The molecule has 1 N–H and O–H groups in total. The van der Waals surface area contributed by atoms with Gasteiger partial charge in [-0.1, -0.05) is 36.4 Å². The van der Waals surface area contributed by atoms with Crippen molar-refractivity contribution in [2.24, 2.45) is 5.92 Å². The fraction of sp³-hybridized carbons (Fsp3) is 0.400. The summed E-state index contributed by atoms with van der Waals surface area (Å²) in [6.07, 6.45) is 4.22. The van der Waals surface area contributed by atoms with Crippen LogP contribution in [0, 0.1) is 5.92 Å². The fourth-order valence-corrected chi connectivity index (χ4v) is 3.33. The smallest absolute Gasteiger partial charge is 0.222 e. The van der Waals surface area contributed by atoms with Crippen molar-refractivity contribution in [3.05, 3.63) is 66.0 Å². The summed E-state index contributed by atoms with van der Waals surface area (Å²) >= 11 is 0. The maximum Gasteiger partial charge on any atom is 0.222 e. The Kier molecular flexibility index (Phi) is 5.59. The number of nitrogens with zero attached hydrogens (tertiary/aromatic N) is 2. The molecule has 0 saturated carbocycles. The summed E-state index contributed by atoms with van der Waals surface area (Å²) in [5.41, 5.74) is 1.93. The Morgan fingerprint density at radius 2 is 1.83 bits per heavy atom. The molecule has 1 aromatic heterocycles. The van der Waals surface area contributed by atoms with Gasteiger partial charge in [0.15, 0.2) is 0 Å². The number of aryl methyl sites for hydroxylation is 1. The number of aliphatic hydroxyl groups excluding tert-OH is 1.